The first kappa shape index (κ1) is 12.7. The normalized spacial score (nSPS) is 26.7. The minimum Gasteiger partial charge on any atom is -0.317 e. The number of hydrogen-bond acceptors (Lipinski definition) is 2. The smallest absolute Gasteiger partial charge is 0.139 e. The van der Waals surface area contributed by atoms with E-state index in [1.54, 1.807) is 18.2 Å². The summed E-state index contributed by atoms with van der Waals surface area (Å²) in [7, 11) is 0.711. The van der Waals surface area contributed by atoms with Crippen molar-refractivity contribution in [2.45, 2.75) is 41.9 Å². The Labute approximate surface area is 104 Å². The Bertz CT molecular complexity index is 410. The van der Waals surface area contributed by atoms with E-state index in [1.807, 2.05) is 7.05 Å². The van der Waals surface area contributed by atoms with Crippen LogP contribution in [0.1, 0.15) is 25.7 Å². The standard InChI is InChI=1S/C13H18FNOS/c1-15-10-5-4-6-11(9-10)17(16)13-8-3-2-7-12(13)14/h2-3,7-8,10-11,15H,4-6,9H2,1H3. The summed E-state index contributed by atoms with van der Waals surface area (Å²) in [6, 6.07) is 6.81. The SMILES string of the molecule is CNC1CCCC(S(=O)c2ccccc2F)C1. The van der Waals surface area contributed by atoms with Gasteiger partial charge in [0.15, 0.2) is 0 Å². The van der Waals surface area contributed by atoms with Crippen molar-refractivity contribution in [1.82, 2.24) is 5.32 Å². The van der Waals surface area contributed by atoms with Gasteiger partial charge < -0.3 is 5.32 Å². The van der Waals surface area contributed by atoms with Crippen LogP contribution in [0.15, 0.2) is 29.2 Å². The molecule has 0 amide bonds. The highest BCUT2D eigenvalue weighted by Crippen LogP contribution is 2.27. The van der Waals surface area contributed by atoms with Crippen molar-refractivity contribution >= 4 is 10.8 Å². The van der Waals surface area contributed by atoms with Crippen molar-refractivity contribution in [3.8, 4) is 0 Å². The molecule has 0 bridgehead atoms. The van der Waals surface area contributed by atoms with Crippen molar-refractivity contribution in [3.63, 3.8) is 0 Å². The summed E-state index contributed by atoms with van der Waals surface area (Å²) in [5, 5.41) is 3.31. The highest BCUT2D eigenvalue weighted by Gasteiger charge is 2.27. The molecule has 3 unspecified atom stereocenters. The maximum Gasteiger partial charge on any atom is 0.139 e. The fourth-order valence-corrected chi connectivity index (χ4v) is 4.01. The first-order chi connectivity index (χ1) is 8.22. The van der Waals surface area contributed by atoms with Crippen molar-refractivity contribution in [2.75, 3.05) is 7.05 Å². The second kappa shape index (κ2) is 5.74. The van der Waals surface area contributed by atoms with E-state index in [2.05, 4.69) is 5.32 Å². The molecule has 0 heterocycles. The lowest BCUT2D eigenvalue weighted by atomic mass is 9.95. The molecule has 0 aliphatic heterocycles. The van der Waals surface area contributed by atoms with E-state index in [0.29, 0.717) is 10.9 Å². The van der Waals surface area contributed by atoms with Crippen LogP contribution in [-0.4, -0.2) is 22.5 Å². The van der Waals surface area contributed by atoms with Crippen LogP contribution in [0, 0.1) is 5.82 Å². The zero-order chi connectivity index (χ0) is 12.3. The van der Waals surface area contributed by atoms with Crippen LogP contribution in [0.25, 0.3) is 0 Å². The monoisotopic (exact) mass is 255 g/mol. The predicted molar refractivity (Wildman–Crippen MR) is 67.9 cm³/mol. The van der Waals surface area contributed by atoms with Crippen LogP contribution >= 0.6 is 0 Å². The molecule has 3 atom stereocenters. The van der Waals surface area contributed by atoms with Crippen molar-refractivity contribution in [2.24, 2.45) is 0 Å². The first-order valence-electron chi connectivity index (χ1n) is 6.04. The predicted octanol–water partition coefficient (Wildman–Crippen LogP) is 2.46. The third-order valence-electron chi connectivity index (χ3n) is 3.39. The molecule has 1 saturated carbocycles. The highest BCUT2D eigenvalue weighted by atomic mass is 32.2. The molecule has 0 aromatic heterocycles. The van der Waals surface area contributed by atoms with Gasteiger partial charge >= 0.3 is 0 Å². The van der Waals surface area contributed by atoms with Crippen LogP contribution in [0.3, 0.4) is 0 Å². The molecular formula is C13H18FNOS. The molecule has 1 aliphatic carbocycles. The largest absolute Gasteiger partial charge is 0.317 e. The van der Waals surface area contributed by atoms with E-state index >= 15 is 0 Å². The molecule has 2 rings (SSSR count). The summed E-state index contributed by atoms with van der Waals surface area (Å²) in [6.45, 7) is 0. The lowest BCUT2D eigenvalue weighted by Crippen LogP contribution is -2.35. The second-order valence-electron chi connectivity index (χ2n) is 4.50. The number of benzene rings is 1. The summed E-state index contributed by atoms with van der Waals surface area (Å²) in [5.74, 6) is -0.350. The Balaban J connectivity index is 2.12. The number of nitrogens with one attached hydrogen (secondary N) is 1. The molecule has 1 aromatic carbocycles. The summed E-state index contributed by atoms with van der Waals surface area (Å²) in [6.07, 6.45) is 3.99. The van der Waals surface area contributed by atoms with Gasteiger partial charge in [0, 0.05) is 11.3 Å². The lowest BCUT2D eigenvalue weighted by molar-refractivity contribution is 0.397. The Morgan fingerprint density at radius 3 is 2.82 bits per heavy atom. The third kappa shape index (κ3) is 2.93. The summed E-state index contributed by atoms with van der Waals surface area (Å²) < 4.78 is 25.9. The van der Waals surface area contributed by atoms with Gasteiger partial charge in [0.1, 0.15) is 5.82 Å². The molecule has 2 nitrogen and oxygen atoms in total. The van der Waals surface area contributed by atoms with Gasteiger partial charge in [-0.25, -0.2) is 4.39 Å². The van der Waals surface area contributed by atoms with Crippen LogP contribution < -0.4 is 5.32 Å². The number of halogens is 1. The number of hydrogen-bond donors (Lipinski definition) is 1. The Morgan fingerprint density at radius 2 is 2.12 bits per heavy atom. The van der Waals surface area contributed by atoms with Gasteiger partial charge in [0.2, 0.25) is 0 Å². The molecule has 94 valence electrons. The van der Waals surface area contributed by atoms with Crippen LogP contribution in [0.4, 0.5) is 4.39 Å². The van der Waals surface area contributed by atoms with Crippen molar-refractivity contribution < 1.29 is 8.60 Å². The zero-order valence-corrected chi connectivity index (χ0v) is 10.8. The van der Waals surface area contributed by atoms with E-state index in [0.717, 1.165) is 25.7 Å². The van der Waals surface area contributed by atoms with E-state index in [4.69, 9.17) is 0 Å². The van der Waals surface area contributed by atoms with E-state index in [9.17, 15) is 8.60 Å². The molecule has 1 fully saturated rings. The van der Waals surface area contributed by atoms with Crippen molar-refractivity contribution in [1.29, 1.82) is 0 Å². The molecule has 1 aliphatic rings. The molecular weight excluding hydrogens is 237 g/mol. The second-order valence-corrected chi connectivity index (χ2v) is 6.20. The molecule has 0 saturated heterocycles. The molecule has 0 spiro atoms. The number of rotatable bonds is 3. The molecule has 1 N–H and O–H groups in total. The fraction of sp³-hybridized carbons (Fsp3) is 0.538. The molecule has 0 radical (unpaired) electrons. The summed E-state index contributed by atoms with van der Waals surface area (Å²) in [4.78, 5) is 0.356. The van der Waals surface area contributed by atoms with Crippen LogP contribution in [0.2, 0.25) is 0 Å². The maximum absolute atomic E-state index is 13.6. The van der Waals surface area contributed by atoms with E-state index < -0.39 is 10.8 Å². The van der Waals surface area contributed by atoms with Gasteiger partial charge in [-0.05, 0) is 38.4 Å². The van der Waals surface area contributed by atoms with E-state index in [1.165, 1.54) is 6.07 Å². The maximum atomic E-state index is 13.6. The highest BCUT2D eigenvalue weighted by molar-refractivity contribution is 7.85. The Hall–Kier alpha value is -0.740. The average Bonchev–Trinajstić information content (AvgIpc) is 2.38. The van der Waals surface area contributed by atoms with Gasteiger partial charge in [0.05, 0.1) is 15.7 Å². The molecule has 4 heteroatoms. The minimum absolute atomic E-state index is 0.0816. The van der Waals surface area contributed by atoms with Crippen LogP contribution in [0.5, 0.6) is 0 Å². The summed E-state index contributed by atoms with van der Waals surface area (Å²) in [5.41, 5.74) is 0. The topological polar surface area (TPSA) is 29.1 Å². The van der Waals surface area contributed by atoms with Gasteiger partial charge in [-0.1, -0.05) is 18.6 Å². The first-order valence-corrected chi connectivity index (χ1v) is 7.26. The Morgan fingerprint density at radius 1 is 1.35 bits per heavy atom. The van der Waals surface area contributed by atoms with Gasteiger partial charge in [0.25, 0.3) is 0 Å². The Kier molecular flexibility index (Phi) is 4.29. The average molecular weight is 255 g/mol. The molecule has 17 heavy (non-hydrogen) atoms. The van der Waals surface area contributed by atoms with Crippen molar-refractivity contribution in [3.05, 3.63) is 30.1 Å². The quantitative estimate of drug-likeness (QED) is 0.899. The van der Waals surface area contributed by atoms with Crippen LogP contribution in [-0.2, 0) is 10.8 Å². The van der Waals surface area contributed by atoms with E-state index in [-0.39, 0.29) is 11.1 Å². The minimum atomic E-state index is -1.22. The van der Waals surface area contributed by atoms with Gasteiger partial charge in [-0.3, -0.25) is 4.21 Å². The fourth-order valence-electron chi connectivity index (χ4n) is 2.39. The van der Waals surface area contributed by atoms with Gasteiger partial charge in [-0.15, -0.1) is 0 Å². The molecule has 1 aromatic rings. The third-order valence-corrected chi connectivity index (χ3v) is 5.19. The zero-order valence-electron chi connectivity index (χ0n) is 9.99. The lowest BCUT2D eigenvalue weighted by Gasteiger charge is -2.28. The van der Waals surface area contributed by atoms with Gasteiger partial charge in [-0.2, -0.15) is 0 Å². The summed E-state index contributed by atoms with van der Waals surface area (Å²) >= 11 is 0.